The first-order chi connectivity index (χ1) is 10.1. The summed E-state index contributed by atoms with van der Waals surface area (Å²) in [7, 11) is 0. The van der Waals surface area contributed by atoms with Crippen molar-refractivity contribution in [3.05, 3.63) is 45.6 Å². The lowest BCUT2D eigenvalue weighted by atomic mass is 10.2. The third-order valence-electron chi connectivity index (χ3n) is 3.41. The minimum Gasteiger partial charge on any atom is -0.326 e. The summed E-state index contributed by atoms with van der Waals surface area (Å²) in [6, 6.07) is 9.15. The van der Waals surface area contributed by atoms with Crippen LogP contribution in [0.1, 0.15) is 33.5 Å². The number of rotatable bonds is 3. The lowest BCUT2D eigenvalue weighted by Crippen LogP contribution is -2.11. The number of carbonyl (C=O) groups excluding carboxylic acids is 2. The van der Waals surface area contributed by atoms with Gasteiger partial charge in [-0.1, -0.05) is 6.07 Å². The van der Waals surface area contributed by atoms with E-state index in [0.717, 1.165) is 17.7 Å². The van der Waals surface area contributed by atoms with Crippen LogP contribution >= 0.6 is 11.3 Å². The number of carbonyl (C=O) groups is 2. The molecule has 0 atom stereocenters. The van der Waals surface area contributed by atoms with Crippen LogP contribution < -0.4 is 10.6 Å². The standard InChI is InChI=1S/C16H16N2O2S/c1-10(19)17-12-5-3-6-13(9-12)18-16(20)15-8-11-4-2-7-14(11)21-15/h3,5-6,8-9H,2,4,7H2,1H3,(H,17,19)(H,18,20). The summed E-state index contributed by atoms with van der Waals surface area (Å²) < 4.78 is 0. The van der Waals surface area contributed by atoms with Gasteiger partial charge in [-0.15, -0.1) is 11.3 Å². The van der Waals surface area contributed by atoms with Gasteiger partial charge in [-0.2, -0.15) is 0 Å². The number of hydrogen-bond donors (Lipinski definition) is 2. The van der Waals surface area contributed by atoms with Crippen molar-refractivity contribution in [1.82, 2.24) is 0 Å². The number of aryl methyl sites for hydroxylation is 2. The second-order valence-corrected chi connectivity index (χ2v) is 6.27. The van der Waals surface area contributed by atoms with Crippen LogP contribution in [0.2, 0.25) is 0 Å². The zero-order valence-corrected chi connectivity index (χ0v) is 12.5. The van der Waals surface area contributed by atoms with Crippen molar-refractivity contribution in [2.24, 2.45) is 0 Å². The van der Waals surface area contributed by atoms with Crippen molar-refractivity contribution in [3.63, 3.8) is 0 Å². The van der Waals surface area contributed by atoms with Crippen LogP contribution in [0.15, 0.2) is 30.3 Å². The van der Waals surface area contributed by atoms with E-state index >= 15 is 0 Å². The molecule has 4 nitrogen and oxygen atoms in total. The van der Waals surface area contributed by atoms with Crippen molar-refractivity contribution < 1.29 is 9.59 Å². The van der Waals surface area contributed by atoms with Gasteiger partial charge in [0.2, 0.25) is 5.91 Å². The molecule has 3 rings (SSSR count). The highest BCUT2D eigenvalue weighted by atomic mass is 32.1. The second kappa shape index (κ2) is 5.69. The van der Waals surface area contributed by atoms with E-state index in [1.807, 2.05) is 12.1 Å². The quantitative estimate of drug-likeness (QED) is 0.912. The van der Waals surface area contributed by atoms with Crippen molar-refractivity contribution in [2.75, 3.05) is 10.6 Å². The van der Waals surface area contributed by atoms with Gasteiger partial charge in [0.15, 0.2) is 0 Å². The van der Waals surface area contributed by atoms with Gasteiger partial charge >= 0.3 is 0 Å². The predicted octanol–water partition coefficient (Wildman–Crippen LogP) is 3.45. The van der Waals surface area contributed by atoms with Crippen LogP contribution in [-0.4, -0.2) is 11.8 Å². The van der Waals surface area contributed by atoms with Gasteiger partial charge in [0, 0.05) is 23.2 Å². The van der Waals surface area contributed by atoms with Crippen LogP contribution in [0.3, 0.4) is 0 Å². The molecule has 0 aliphatic heterocycles. The van der Waals surface area contributed by atoms with Crippen molar-refractivity contribution in [2.45, 2.75) is 26.2 Å². The number of anilines is 2. The molecule has 0 saturated heterocycles. The van der Waals surface area contributed by atoms with Crippen LogP contribution in [-0.2, 0) is 17.6 Å². The first-order valence-electron chi connectivity index (χ1n) is 6.92. The summed E-state index contributed by atoms with van der Waals surface area (Å²) in [6.45, 7) is 1.46. The van der Waals surface area contributed by atoms with Gasteiger partial charge < -0.3 is 10.6 Å². The van der Waals surface area contributed by atoms with Gasteiger partial charge in [0.05, 0.1) is 4.88 Å². The summed E-state index contributed by atoms with van der Waals surface area (Å²) in [5.74, 6) is -0.220. The van der Waals surface area contributed by atoms with E-state index in [0.29, 0.717) is 11.4 Å². The number of nitrogens with one attached hydrogen (secondary N) is 2. The molecule has 2 aromatic rings. The number of thiophene rings is 1. The molecule has 0 unspecified atom stereocenters. The van der Waals surface area contributed by atoms with Gasteiger partial charge in [0.1, 0.15) is 0 Å². The zero-order valence-electron chi connectivity index (χ0n) is 11.7. The second-order valence-electron chi connectivity index (χ2n) is 5.13. The Morgan fingerprint density at radius 1 is 1.10 bits per heavy atom. The number of amides is 2. The van der Waals surface area contributed by atoms with Crippen LogP contribution in [0.25, 0.3) is 0 Å². The molecule has 21 heavy (non-hydrogen) atoms. The van der Waals surface area contributed by atoms with E-state index in [1.54, 1.807) is 29.5 Å². The molecule has 1 aliphatic carbocycles. The summed E-state index contributed by atoms with van der Waals surface area (Å²) >= 11 is 1.58. The van der Waals surface area contributed by atoms with E-state index in [2.05, 4.69) is 10.6 Å². The summed E-state index contributed by atoms with van der Waals surface area (Å²) in [5.41, 5.74) is 2.67. The van der Waals surface area contributed by atoms with Crippen LogP contribution in [0.5, 0.6) is 0 Å². The maximum absolute atomic E-state index is 12.3. The van der Waals surface area contributed by atoms with E-state index in [-0.39, 0.29) is 11.8 Å². The molecule has 5 heteroatoms. The normalized spacial score (nSPS) is 12.8. The molecule has 2 N–H and O–H groups in total. The molecule has 0 spiro atoms. The molecule has 108 valence electrons. The van der Waals surface area contributed by atoms with Crippen molar-refractivity contribution in [1.29, 1.82) is 0 Å². The van der Waals surface area contributed by atoms with Gasteiger partial charge in [-0.3, -0.25) is 9.59 Å². The predicted molar refractivity (Wildman–Crippen MR) is 85.0 cm³/mol. The number of hydrogen-bond acceptors (Lipinski definition) is 3. The molecule has 1 aliphatic rings. The lowest BCUT2D eigenvalue weighted by molar-refractivity contribution is -0.114. The van der Waals surface area contributed by atoms with Gasteiger partial charge in [-0.05, 0) is 49.1 Å². The van der Waals surface area contributed by atoms with E-state index in [1.165, 1.54) is 23.8 Å². The molecule has 1 aromatic heterocycles. The number of fused-ring (bicyclic) bond motifs is 1. The lowest BCUT2D eigenvalue weighted by Gasteiger charge is -2.07. The Hall–Kier alpha value is -2.14. The fourth-order valence-corrected chi connectivity index (χ4v) is 3.66. The zero-order chi connectivity index (χ0) is 14.8. The minimum absolute atomic E-state index is 0.0885. The molecular weight excluding hydrogens is 284 g/mol. The molecule has 2 amide bonds. The largest absolute Gasteiger partial charge is 0.326 e. The Balaban J connectivity index is 1.73. The molecule has 1 aromatic carbocycles. The van der Waals surface area contributed by atoms with Gasteiger partial charge in [0.25, 0.3) is 5.91 Å². The SMILES string of the molecule is CC(=O)Nc1cccc(NC(=O)c2cc3c(s2)CCC3)c1. The molecule has 0 saturated carbocycles. The maximum Gasteiger partial charge on any atom is 0.265 e. The average molecular weight is 300 g/mol. The fraction of sp³-hybridized carbons (Fsp3) is 0.250. The summed E-state index contributed by atoms with van der Waals surface area (Å²) in [5, 5.41) is 5.58. The Labute approximate surface area is 127 Å². The van der Waals surface area contributed by atoms with E-state index in [9.17, 15) is 9.59 Å². The highest BCUT2D eigenvalue weighted by Gasteiger charge is 2.18. The van der Waals surface area contributed by atoms with Crippen LogP contribution in [0, 0.1) is 0 Å². The topological polar surface area (TPSA) is 58.2 Å². The smallest absolute Gasteiger partial charge is 0.265 e. The molecule has 1 heterocycles. The summed E-state index contributed by atoms with van der Waals surface area (Å²) in [4.78, 5) is 25.4. The third kappa shape index (κ3) is 3.13. The van der Waals surface area contributed by atoms with Gasteiger partial charge in [-0.25, -0.2) is 0 Å². The maximum atomic E-state index is 12.3. The molecule has 0 fully saturated rings. The van der Waals surface area contributed by atoms with Crippen molar-refractivity contribution in [3.8, 4) is 0 Å². The Bertz CT molecular complexity index is 685. The fourth-order valence-electron chi connectivity index (χ4n) is 2.51. The first kappa shape index (κ1) is 13.8. The Morgan fingerprint density at radius 2 is 1.86 bits per heavy atom. The average Bonchev–Trinajstić information content (AvgIpc) is 2.98. The minimum atomic E-state index is -0.131. The highest BCUT2D eigenvalue weighted by Crippen LogP contribution is 2.31. The molecular formula is C16H16N2O2S. The monoisotopic (exact) mass is 300 g/mol. The Morgan fingerprint density at radius 3 is 2.57 bits per heavy atom. The van der Waals surface area contributed by atoms with Crippen LogP contribution in [0.4, 0.5) is 11.4 Å². The van der Waals surface area contributed by atoms with E-state index in [4.69, 9.17) is 0 Å². The first-order valence-corrected chi connectivity index (χ1v) is 7.74. The Kier molecular flexibility index (Phi) is 3.75. The third-order valence-corrected chi connectivity index (χ3v) is 4.65. The van der Waals surface area contributed by atoms with E-state index < -0.39 is 0 Å². The molecule has 0 radical (unpaired) electrons. The highest BCUT2D eigenvalue weighted by molar-refractivity contribution is 7.14. The molecule has 0 bridgehead atoms. The number of benzene rings is 1. The summed E-state index contributed by atoms with van der Waals surface area (Å²) in [6.07, 6.45) is 3.37. The van der Waals surface area contributed by atoms with Crippen molar-refractivity contribution >= 4 is 34.5 Å².